The lowest BCUT2D eigenvalue weighted by molar-refractivity contribution is -0.117. The molecule has 1 aliphatic rings. The number of amides is 1. The van der Waals surface area contributed by atoms with Crippen molar-refractivity contribution in [2.45, 2.75) is 32.2 Å². The minimum absolute atomic E-state index is 0.0379. The molecule has 1 rings (SSSR count). The van der Waals surface area contributed by atoms with Crippen molar-refractivity contribution in [3.8, 4) is 0 Å². The van der Waals surface area contributed by atoms with Crippen LogP contribution in [0.4, 0.5) is 0 Å². The first kappa shape index (κ1) is 8.31. The molecule has 0 radical (unpaired) electrons. The Labute approximate surface area is 67.7 Å². The van der Waals surface area contributed by atoms with Crippen LogP contribution < -0.4 is 5.32 Å². The van der Waals surface area contributed by atoms with Gasteiger partial charge in [0.15, 0.2) is 0 Å². The monoisotopic (exact) mass is 153 g/mol. The van der Waals surface area contributed by atoms with Gasteiger partial charge in [-0.25, -0.2) is 0 Å². The molecule has 0 aliphatic heterocycles. The number of carbonyl (C=O) groups is 1. The molecule has 0 aromatic carbocycles. The van der Waals surface area contributed by atoms with Crippen molar-refractivity contribution in [3.63, 3.8) is 0 Å². The second-order valence-corrected chi connectivity index (χ2v) is 3.33. The predicted octanol–water partition coefficient (Wildman–Crippen LogP) is 1.48. The van der Waals surface area contributed by atoms with Crippen molar-refractivity contribution in [1.82, 2.24) is 5.32 Å². The van der Waals surface area contributed by atoms with Crippen molar-refractivity contribution >= 4 is 5.91 Å². The molecule has 1 aliphatic carbocycles. The van der Waals surface area contributed by atoms with Gasteiger partial charge in [-0.05, 0) is 31.3 Å². The minimum atomic E-state index is -0.0379. The second-order valence-electron chi connectivity index (χ2n) is 3.33. The van der Waals surface area contributed by atoms with E-state index in [0.717, 1.165) is 18.8 Å². The highest BCUT2D eigenvalue weighted by Crippen LogP contribution is 2.24. The van der Waals surface area contributed by atoms with E-state index < -0.39 is 0 Å². The van der Waals surface area contributed by atoms with Gasteiger partial charge in [0.2, 0.25) is 5.91 Å². The average molecular weight is 153 g/mol. The Kier molecular flexibility index (Phi) is 2.69. The molecule has 0 bridgehead atoms. The largest absolute Gasteiger partial charge is 0.350 e. The summed E-state index contributed by atoms with van der Waals surface area (Å²) in [6, 6.07) is 0.399. The summed E-state index contributed by atoms with van der Waals surface area (Å²) < 4.78 is 0. The molecule has 2 atom stereocenters. The van der Waals surface area contributed by atoms with Crippen molar-refractivity contribution < 1.29 is 4.79 Å². The highest BCUT2D eigenvalue weighted by molar-refractivity contribution is 5.87. The zero-order chi connectivity index (χ0) is 8.27. The third-order valence-corrected chi connectivity index (χ3v) is 2.23. The zero-order valence-corrected chi connectivity index (χ0v) is 6.97. The van der Waals surface area contributed by atoms with E-state index in [0.29, 0.717) is 6.04 Å². The molecule has 11 heavy (non-hydrogen) atoms. The number of rotatable bonds is 2. The van der Waals surface area contributed by atoms with Crippen molar-refractivity contribution in [2.24, 2.45) is 5.92 Å². The SMILES string of the molecule is C=CC(=O)NC1CCC(C)C1. The van der Waals surface area contributed by atoms with Crippen LogP contribution in [0.15, 0.2) is 12.7 Å². The number of hydrogen-bond donors (Lipinski definition) is 1. The zero-order valence-electron chi connectivity index (χ0n) is 6.97. The van der Waals surface area contributed by atoms with Crippen LogP contribution in [0.3, 0.4) is 0 Å². The Morgan fingerprint density at radius 2 is 2.36 bits per heavy atom. The standard InChI is InChI=1S/C9H15NO/c1-3-9(11)10-8-5-4-7(2)6-8/h3,7-8H,1,4-6H2,2H3,(H,10,11). The van der Waals surface area contributed by atoms with Gasteiger partial charge in [0.25, 0.3) is 0 Å². The molecule has 0 saturated heterocycles. The molecule has 2 unspecified atom stereocenters. The maximum absolute atomic E-state index is 10.8. The quantitative estimate of drug-likeness (QED) is 0.598. The molecule has 1 N–H and O–H groups in total. The van der Waals surface area contributed by atoms with Crippen molar-refractivity contribution in [3.05, 3.63) is 12.7 Å². The van der Waals surface area contributed by atoms with Crippen LogP contribution in [0.5, 0.6) is 0 Å². The molecule has 0 aromatic heterocycles. The van der Waals surface area contributed by atoms with E-state index in [2.05, 4.69) is 18.8 Å². The molecular formula is C9H15NO. The first-order valence-corrected chi connectivity index (χ1v) is 4.15. The summed E-state index contributed by atoms with van der Waals surface area (Å²) in [7, 11) is 0. The van der Waals surface area contributed by atoms with Crippen LogP contribution in [0.1, 0.15) is 26.2 Å². The van der Waals surface area contributed by atoms with E-state index in [4.69, 9.17) is 0 Å². The highest BCUT2D eigenvalue weighted by atomic mass is 16.1. The van der Waals surface area contributed by atoms with E-state index in [1.807, 2.05) is 0 Å². The van der Waals surface area contributed by atoms with E-state index in [1.165, 1.54) is 12.5 Å². The van der Waals surface area contributed by atoms with E-state index in [1.54, 1.807) is 0 Å². The fourth-order valence-corrected chi connectivity index (χ4v) is 1.60. The molecule has 2 nitrogen and oxygen atoms in total. The van der Waals surface area contributed by atoms with Crippen LogP contribution in [-0.4, -0.2) is 11.9 Å². The van der Waals surface area contributed by atoms with Crippen LogP contribution in [0, 0.1) is 5.92 Å². The topological polar surface area (TPSA) is 29.1 Å². The lowest BCUT2D eigenvalue weighted by Crippen LogP contribution is -2.31. The maximum Gasteiger partial charge on any atom is 0.243 e. The number of hydrogen-bond acceptors (Lipinski definition) is 1. The van der Waals surface area contributed by atoms with E-state index >= 15 is 0 Å². The van der Waals surface area contributed by atoms with Gasteiger partial charge >= 0.3 is 0 Å². The molecule has 0 spiro atoms. The van der Waals surface area contributed by atoms with Gasteiger partial charge in [0.1, 0.15) is 0 Å². The van der Waals surface area contributed by atoms with Gasteiger partial charge < -0.3 is 5.32 Å². The molecule has 0 aromatic rings. The van der Waals surface area contributed by atoms with Crippen molar-refractivity contribution in [2.75, 3.05) is 0 Å². The Morgan fingerprint density at radius 1 is 1.64 bits per heavy atom. The molecule has 2 heteroatoms. The third kappa shape index (κ3) is 2.37. The Bertz CT molecular complexity index is 165. The maximum atomic E-state index is 10.8. The summed E-state index contributed by atoms with van der Waals surface area (Å²) in [5, 5.41) is 2.90. The lowest BCUT2D eigenvalue weighted by Gasteiger charge is -2.09. The highest BCUT2D eigenvalue weighted by Gasteiger charge is 2.21. The van der Waals surface area contributed by atoms with Crippen LogP contribution in [0.25, 0.3) is 0 Å². The molecule has 1 saturated carbocycles. The van der Waals surface area contributed by atoms with Gasteiger partial charge in [-0.1, -0.05) is 13.5 Å². The fourth-order valence-electron chi connectivity index (χ4n) is 1.60. The lowest BCUT2D eigenvalue weighted by atomic mass is 10.1. The summed E-state index contributed by atoms with van der Waals surface area (Å²) in [6.45, 7) is 5.63. The van der Waals surface area contributed by atoms with E-state index in [-0.39, 0.29) is 5.91 Å². The molecule has 1 amide bonds. The molecule has 1 fully saturated rings. The third-order valence-electron chi connectivity index (χ3n) is 2.23. The van der Waals surface area contributed by atoms with Gasteiger partial charge in [-0.2, -0.15) is 0 Å². The van der Waals surface area contributed by atoms with Gasteiger partial charge in [0.05, 0.1) is 0 Å². The second kappa shape index (κ2) is 3.56. The van der Waals surface area contributed by atoms with Crippen LogP contribution >= 0.6 is 0 Å². The smallest absolute Gasteiger partial charge is 0.243 e. The summed E-state index contributed by atoms with van der Waals surface area (Å²) in [5.74, 6) is 0.731. The normalized spacial score (nSPS) is 29.9. The Hall–Kier alpha value is -0.790. The van der Waals surface area contributed by atoms with Gasteiger partial charge in [0, 0.05) is 6.04 Å². The summed E-state index contributed by atoms with van der Waals surface area (Å²) in [6.07, 6.45) is 4.82. The summed E-state index contributed by atoms with van der Waals surface area (Å²) in [4.78, 5) is 10.8. The Balaban J connectivity index is 2.28. The van der Waals surface area contributed by atoms with Crippen molar-refractivity contribution in [1.29, 1.82) is 0 Å². The minimum Gasteiger partial charge on any atom is -0.350 e. The summed E-state index contributed by atoms with van der Waals surface area (Å²) >= 11 is 0. The predicted molar refractivity (Wildman–Crippen MR) is 45.1 cm³/mol. The molecular weight excluding hydrogens is 138 g/mol. The van der Waals surface area contributed by atoms with Crippen LogP contribution in [-0.2, 0) is 4.79 Å². The fraction of sp³-hybridized carbons (Fsp3) is 0.667. The number of carbonyl (C=O) groups excluding carboxylic acids is 1. The average Bonchev–Trinajstić information content (AvgIpc) is 2.35. The van der Waals surface area contributed by atoms with Gasteiger partial charge in [-0.15, -0.1) is 0 Å². The first-order chi connectivity index (χ1) is 5.22. The molecule has 62 valence electrons. The number of nitrogens with one attached hydrogen (secondary N) is 1. The molecule has 0 heterocycles. The summed E-state index contributed by atoms with van der Waals surface area (Å²) in [5.41, 5.74) is 0. The van der Waals surface area contributed by atoms with Gasteiger partial charge in [-0.3, -0.25) is 4.79 Å². The Morgan fingerprint density at radius 3 is 2.82 bits per heavy atom. The first-order valence-electron chi connectivity index (χ1n) is 4.15. The van der Waals surface area contributed by atoms with Crippen LogP contribution in [0.2, 0.25) is 0 Å². The van der Waals surface area contributed by atoms with E-state index in [9.17, 15) is 4.79 Å².